The molecular formula is C18H12ClN7O. The Morgan fingerprint density at radius 2 is 1.70 bits per heavy atom. The first-order chi connectivity index (χ1) is 13.2. The maximum Gasteiger partial charge on any atom is 0.206 e. The lowest BCUT2D eigenvalue weighted by molar-refractivity contribution is 0.415. The molecule has 2 aromatic carbocycles. The van der Waals surface area contributed by atoms with Crippen molar-refractivity contribution in [3.63, 3.8) is 0 Å². The Bertz CT molecular complexity index is 1260. The van der Waals surface area contributed by atoms with Crippen LogP contribution in [0.4, 0.5) is 0 Å². The number of fused-ring (bicyclic) bond motifs is 3. The molecule has 0 amide bonds. The van der Waals surface area contributed by atoms with E-state index in [0.29, 0.717) is 22.0 Å². The minimum Gasteiger partial charge on any atom is -0.497 e. The fraction of sp³-hybridized carbons (Fsp3) is 0.0556. The predicted molar refractivity (Wildman–Crippen MR) is 100 cm³/mol. The van der Waals surface area contributed by atoms with Gasteiger partial charge in [0.15, 0.2) is 5.82 Å². The van der Waals surface area contributed by atoms with Gasteiger partial charge in [-0.2, -0.15) is 9.61 Å². The Balaban J connectivity index is 1.72. The van der Waals surface area contributed by atoms with Crippen molar-refractivity contribution in [1.29, 1.82) is 0 Å². The van der Waals surface area contributed by atoms with E-state index in [0.717, 1.165) is 22.5 Å². The average Bonchev–Trinajstić information content (AvgIpc) is 3.32. The van der Waals surface area contributed by atoms with E-state index in [4.69, 9.17) is 16.3 Å². The summed E-state index contributed by atoms with van der Waals surface area (Å²) in [5.74, 6) is 1.39. The van der Waals surface area contributed by atoms with E-state index in [9.17, 15) is 0 Å². The van der Waals surface area contributed by atoms with Crippen LogP contribution < -0.4 is 4.74 Å². The number of aromatic nitrogens is 7. The highest BCUT2D eigenvalue weighted by molar-refractivity contribution is 6.30. The second kappa shape index (κ2) is 6.03. The van der Waals surface area contributed by atoms with Gasteiger partial charge >= 0.3 is 0 Å². The molecule has 0 bridgehead atoms. The van der Waals surface area contributed by atoms with Gasteiger partial charge in [-0.25, -0.2) is 4.68 Å². The van der Waals surface area contributed by atoms with Gasteiger partial charge in [-0.15, -0.1) is 15.3 Å². The minimum absolute atomic E-state index is 0.568. The number of ether oxygens (including phenoxy) is 1. The summed E-state index contributed by atoms with van der Waals surface area (Å²) in [5, 5.41) is 22.2. The molecule has 132 valence electrons. The van der Waals surface area contributed by atoms with Gasteiger partial charge < -0.3 is 4.74 Å². The van der Waals surface area contributed by atoms with Crippen LogP contribution in [-0.4, -0.2) is 41.9 Å². The second-order valence-corrected chi connectivity index (χ2v) is 6.28. The Morgan fingerprint density at radius 3 is 2.44 bits per heavy atom. The summed E-state index contributed by atoms with van der Waals surface area (Å²) >= 11 is 5.99. The Hall–Kier alpha value is -3.52. The number of methoxy groups -OCH3 is 1. The third-order valence-electron chi connectivity index (χ3n) is 4.26. The SMILES string of the molecule is COc1ccc(-c2nnc3c4c(cnn23)nnn4-c2ccc(Cl)cc2)cc1. The molecule has 0 saturated carbocycles. The van der Waals surface area contributed by atoms with E-state index in [1.807, 2.05) is 36.4 Å². The van der Waals surface area contributed by atoms with Crippen LogP contribution in [0.15, 0.2) is 54.7 Å². The molecule has 8 nitrogen and oxygen atoms in total. The number of nitrogens with zero attached hydrogens (tertiary/aromatic N) is 7. The molecule has 0 aliphatic heterocycles. The molecule has 27 heavy (non-hydrogen) atoms. The molecule has 0 saturated heterocycles. The maximum atomic E-state index is 5.99. The lowest BCUT2D eigenvalue weighted by atomic mass is 10.2. The van der Waals surface area contributed by atoms with E-state index in [-0.39, 0.29) is 0 Å². The number of hydrogen-bond donors (Lipinski definition) is 0. The fourth-order valence-electron chi connectivity index (χ4n) is 2.92. The van der Waals surface area contributed by atoms with Crippen LogP contribution in [0.2, 0.25) is 5.02 Å². The number of hydrogen-bond acceptors (Lipinski definition) is 6. The molecule has 9 heteroatoms. The molecule has 0 aliphatic carbocycles. The topological polar surface area (TPSA) is 83.0 Å². The van der Waals surface area contributed by atoms with Crippen LogP contribution in [0.25, 0.3) is 33.8 Å². The average molecular weight is 378 g/mol. The molecule has 5 aromatic rings. The van der Waals surface area contributed by atoms with Crippen LogP contribution in [0.5, 0.6) is 5.75 Å². The van der Waals surface area contributed by atoms with Gasteiger partial charge in [0.2, 0.25) is 5.65 Å². The fourth-order valence-corrected chi connectivity index (χ4v) is 3.05. The van der Waals surface area contributed by atoms with Crippen LogP contribution in [0.3, 0.4) is 0 Å². The van der Waals surface area contributed by atoms with Crippen LogP contribution >= 0.6 is 11.6 Å². The summed E-state index contributed by atoms with van der Waals surface area (Å²) in [5.41, 5.74) is 3.62. The zero-order chi connectivity index (χ0) is 18.4. The molecule has 5 rings (SSSR count). The van der Waals surface area contributed by atoms with E-state index < -0.39 is 0 Å². The summed E-state index contributed by atoms with van der Waals surface area (Å²) < 4.78 is 8.59. The molecule has 0 unspecified atom stereocenters. The summed E-state index contributed by atoms with van der Waals surface area (Å²) in [4.78, 5) is 0. The number of halogens is 1. The molecule has 0 spiro atoms. The van der Waals surface area contributed by atoms with Gasteiger partial charge in [0.1, 0.15) is 16.8 Å². The minimum atomic E-state index is 0.568. The standard InChI is InChI=1S/C18H12ClN7O/c1-27-14-8-2-11(3-9-14)17-22-23-18-16-15(10-20-26(17)18)21-24-25(16)13-6-4-12(19)5-7-13/h2-10H,1H3. The molecular weight excluding hydrogens is 366 g/mol. The normalized spacial score (nSPS) is 11.3. The van der Waals surface area contributed by atoms with Gasteiger partial charge in [0.05, 0.1) is 19.0 Å². The van der Waals surface area contributed by atoms with Crippen molar-refractivity contribution in [3.8, 4) is 22.8 Å². The van der Waals surface area contributed by atoms with Crippen molar-refractivity contribution in [2.45, 2.75) is 0 Å². The van der Waals surface area contributed by atoms with Crippen LogP contribution in [-0.2, 0) is 0 Å². The Labute approximate surface area is 158 Å². The van der Waals surface area contributed by atoms with Gasteiger partial charge in [0, 0.05) is 10.6 Å². The summed E-state index contributed by atoms with van der Waals surface area (Å²) in [6.07, 6.45) is 1.65. The number of rotatable bonds is 3. The van der Waals surface area contributed by atoms with E-state index in [2.05, 4.69) is 25.6 Å². The first-order valence-corrected chi connectivity index (χ1v) is 8.48. The van der Waals surface area contributed by atoms with Gasteiger partial charge in [0.25, 0.3) is 0 Å². The van der Waals surface area contributed by atoms with E-state index in [1.54, 1.807) is 34.6 Å². The molecule has 0 atom stereocenters. The van der Waals surface area contributed by atoms with Gasteiger partial charge in [-0.1, -0.05) is 16.8 Å². The third kappa shape index (κ3) is 2.49. The van der Waals surface area contributed by atoms with Crippen molar-refractivity contribution < 1.29 is 4.74 Å². The molecule has 0 N–H and O–H groups in total. The first kappa shape index (κ1) is 15.7. The first-order valence-electron chi connectivity index (χ1n) is 8.11. The van der Waals surface area contributed by atoms with E-state index >= 15 is 0 Å². The Kier molecular flexibility index (Phi) is 3.51. The quantitative estimate of drug-likeness (QED) is 0.480. The monoisotopic (exact) mass is 377 g/mol. The lowest BCUT2D eigenvalue weighted by Gasteiger charge is -2.04. The molecule has 3 aromatic heterocycles. The maximum absolute atomic E-state index is 5.99. The lowest BCUT2D eigenvalue weighted by Crippen LogP contribution is -2.00. The zero-order valence-electron chi connectivity index (χ0n) is 14.1. The van der Waals surface area contributed by atoms with Crippen molar-refractivity contribution in [2.24, 2.45) is 0 Å². The van der Waals surface area contributed by atoms with Crippen LogP contribution in [0.1, 0.15) is 0 Å². The van der Waals surface area contributed by atoms with Crippen molar-refractivity contribution in [1.82, 2.24) is 34.8 Å². The summed E-state index contributed by atoms with van der Waals surface area (Å²) in [6.45, 7) is 0. The van der Waals surface area contributed by atoms with Gasteiger partial charge in [-0.3, -0.25) is 0 Å². The van der Waals surface area contributed by atoms with Crippen molar-refractivity contribution in [2.75, 3.05) is 7.11 Å². The third-order valence-corrected chi connectivity index (χ3v) is 4.52. The Morgan fingerprint density at radius 1 is 0.926 bits per heavy atom. The second-order valence-electron chi connectivity index (χ2n) is 5.84. The number of benzene rings is 2. The summed E-state index contributed by atoms with van der Waals surface area (Å²) in [6, 6.07) is 14.9. The highest BCUT2D eigenvalue weighted by Gasteiger charge is 2.17. The van der Waals surface area contributed by atoms with Gasteiger partial charge in [-0.05, 0) is 48.5 Å². The predicted octanol–water partition coefficient (Wildman–Crippen LogP) is 3.19. The molecule has 0 aliphatic rings. The van der Waals surface area contributed by atoms with E-state index in [1.165, 1.54) is 0 Å². The molecule has 3 heterocycles. The van der Waals surface area contributed by atoms with Crippen molar-refractivity contribution >= 4 is 28.3 Å². The molecule has 0 fully saturated rings. The highest BCUT2D eigenvalue weighted by atomic mass is 35.5. The van der Waals surface area contributed by atoms with Crippen LogP contribution in [0, 0.1) is 0 Å². The largest absolute Gasteiger partial charge is 0.497 e. The molecule has 0 radical (unpaired) electrons. The highest BCUT2D eigenvalue weighted by Crippen LogP contribution is 2.25. The smallest absolute Gasteiger partial charge is 0.206 e. The zero-order valence-corrected chi connectivity index (χ0v) is 14.9. The summed E-state index contributed by atoms with van der Waals surface area (Å²) in [7, 11) is 1.63. The van der Waals surface area contributed by atoms with Crippen molar-refractivity contribution in [3.05, 3.63) is 59.8 Å².